The highest BCUT2D eigenvalue weighted by atomic mass is 16.6. The molecule has 0 saturated heterocycles. The van der Waals surface area contributed by atoms with Gasteiger partial charge in [-0.05, 0) is 49.2 Å². The third-order valence-electron chi connectivity index (χ3n) is 3.84. The maximum Gasteiger partial charge on any atom is 0.381 e. The number of nitrogens with zero attached hydrogens (tertiary/aromatic N) is 5. The lowest BCUT2D eigenvalue weighted by atomic mass is 10.1. The summed E-state index contributed by atoms with van der Waals surface area (Å²) in [4.78, 5) is 29.9. The van der Waals surface area contributed by atoms with E-state index in [1.54, 1.807) is 26.0 Å². The van der Waals surface area contributed by atoms with E-state index in [9.17, 15) is 20.0 Å². The van der Waals surface area contributed by atoms with Crippen LogP contribution in [-0.2, 0) is 0 Å². The van der Waals surface area contributed by atoms with Gasteiger partial charge in [0.25, 0.3) is 5.69 Å². The van der Waals surface area contributed by atoms with Gasteiger partial charge in [-0.25, -0.2) is 14.8 Å². The van der Waals surface area contributed by atoms with E-state index >= 15 is 0 Å². The molecule has 0 aliphatic carbocycles. The topological polar surface area (TPSA) is 140 Å². The second-order valence-corrected chi connectivity index (χ2v) is 6.03. The lowest BCUT2D eigenvalue weighted by molar-refractivity contribution is -0.384. The number of aromatic nitrogens is 2. The molecule has 10 nitrogen and oxygen atoms in total. The Morgan fingerprint density at radius 2 is 1.59 bits per heavy atom. The molecular weight excluding hydrogens is 378 g/mol. The van der Waals surface area contributed by atoms with Crippen molar-refractivity contribution in [1.29, 1.82) is 0 Å². The molecule has 0 saturated carbocycles. The monoisotopic (exact) mass is 393 g/mol. The number of benzene rings is 2. The van der Waals surface area contributed by atoms with E-state index in [1.165, 1.54) is 36.7 Å². The molecule has 0 atom stereocenters. The molecule has 146 valence electrons. The van der Waals surface area contributed by atoms with Crippen LogP contribution in [0.2, 0.25) is 0 Å². The molecule has 3 aromatic rings. The van der Waals surface area contributed by atoms with Gasteiger partial charge >= 0.3 is 5.97 Å². The number of ether oxygens (including phenoxy) is 1. The van der Waals surface area contributed by atoms with Gasteiger partial charge in [-0.15, -0.1) is 5.11 Å². The molecule has 0 amide bonds. The van der Waals surface area contributed by atoms with Crippen LogP contribution in [0.1, 0.15) is 21.7 Å². The lowest BCUT2D eigenvalue weighted by Crippen LogP contribution is -2.12. The van der Waals surface area contributed by atoms with Crippen molar-refractivity contribution in [2.24, 2.45) is 10.2 Å². The summed E-state index contributed by atoms with van der Waals surface area (Å²) >= 11 is 0. The minimum atomic E-state index is -0.813. The molecule has 0 aliphatic rings. The largest absolute Gasteiger partial charge is 0.507 e. The van der Waals surface area contributed by atoms with Crippen LogP contribution in [-0.4, -0.2) is 26.0 Å². The fourth-order valence-corrected chi connectivity index (χ4v) is 2.37. The number of hydrogen-bond acceptors (Lipinski definition) is 9. The third-order valence-corrected chi connectivity index (χ3v) is 3.84. The number of nitro benzene ring substituents is 1. The zero-order valence-electron chi connectivity index (χ0n) is 15.4. The van der Waals surface area contributed by atoms with Gasteiger partial charge < -0.3 is 9.84 Å². The van der Waals surface area contributed by atoms with E-state index in [-0.39, 0.29) is 23.0 Å². The van der Waals surface area contributed by atoms with Crippen LogP contribution in [0.5, 0.6) is 11.5 Å². The Morgan fingerprint density at radius 3 is 2.14 bits per heavy atom. The Labute approximate surface area is 164 Å². The van der Waals surface area contributed by atoms with Crippen molar-refractivity contribution in [3.63, 3.8) is 0 Å². The van der Waals surface area contributed by atoms with Crippen LogP contribution in [0.25, 0.3) is 0 Å². The van der Waals surface area contributed by atoms with Crippen LogP contribution in [0.15, 0.2) is 59.0 Å². The molecule has 0 fully saturated rings. The van der Waals surface area contributed by atoms with Gasteiger partial charge in [-0.2, -0.15) is 5.11 Å². The molecule has 1 aromatic heterocycles. The first-order valence-electron chi connectivity index (χ1n) is 8.34. The fourth-order valence-electron chi connectivity index (χ4n) is 2.37. The average molecular weight is 393 g/mol. The Hall–Kier alpha value is -4.21. The third kappa shape index (κ3) is 4.75. The predicted octanol–water partition coefficient (Wildman–Crippen LogP) is 4.34. The van der Waals surface area contributed by atoms with Gasteiger partial charge in [0.1, 0.15) is 17.2 Å². The Kier molecular flexibility index (Phi) is 5.54. The maximum atomic E-state index is 12.1. The Bertz CT molecular complexity index is 1070. The van der Waals surface area contributed by atoms with E-state index in [0.29, 0.717) is 22.5 Å². The molecule has 1 N–H and O–H groups in total. The smallest absolute Gasteiger partial charge is 0.381 e. The first-order chi connectivity index (χ1) is 13.8. The van der Waals surface area contributed by atoms with E-state index < -0.39 is 10.9 Å². The van der Waals surface area contributed by atoms with E-state index in [0.717, 1.165) is 0 Å². The molecule has 0 bridgehead atoms. The van der Waals surface area contributed by atoms with E-state index in [4.69, 9.17) is 4.74 Å². The number of aromatic hydroxyl groups is 1. The number of hydrogen-bond donors (Lipinski definition) is 1. The minimum absolute atomic E-state index is 0.116. The zero-order valence-corrected chi connectivity index (χ0v) is 15.4. The minimum Gasteiger partial charge on any atom is -0.507 e. The maximum absolute atomic E-state index is 12.1. The molecule has 0 aliphatic heterocycles. The average Bonchev–Trinajstić information content (AvgIpc) is 2.71. The number of carbonyl (C=O) groups excluding carboxylic acids is 1. The molecule has 2 aromatic carbocycles. The molecular formula is C19H15N5O5. The van der Waals surface area contributed by atoms with Crippen LogP contribution in [0.4, 0.5) is 17.1 Å². The number of azo groups is 1. The van der Waals surface area contributed by atoms with Crippen molar-refractivity contribution >= 4 is 23.0 Å². The summed E-state index contributed by atoms with van der Waals surface area (Å²) in [5, 5.41) is 28.5. The van der Waals surface area contributed by atoms with Gasteiger partial charge in [0.2, 0.25) is 5.82 Å². The number of phenolic OH excluding ortho intramolecular Hbond substituents is 1. The number of phenols is 1. The van der Waals surface area contributed by atoms with Crippen molar-refractivity contribution in [3.05, 3.63) is 75.9 Å². The molecule has 0 unspecified atom stereocenters. The van der Waals surface area contributed by atoms with Crippen LogP contribution in [0.3, 0.4) is 0 Å². The summed E-state index contributed by atoms with van der Waals surface area (Å²) in [6.45, 7) is 3.52. The zero-order chi connectivity index (χ0) is 21.0. The number of aryl methyl sites for hydroxylation is 2. The van der Waals surface area contributed by atoms with Crippen LogP contribution < -0.4 is 4.74 Å². The van der Waals surface area contributed by atoms with Crippen molar-refractivity contribution in [1.82, 2.24) is 9.97 Å². The molecule has 29 heavy (non-hydrogen) atoms. The second kappa shape index (κ2) is 8.21. The Balaban J connectivity index is 1.67. The molecule has 1 heterocycles. The molecule has 3 rings (SSSR count). The van der Waals surface area contributed by atoms with Crippen LogP contribution >= 0.6 is 0 Å². The van der Waals surface area contributed by atoms with Crippen molar-refractivity contribution in [2.75, 3.05) is 0 Å². The second-order valence-electron chi connectivity index (χ2n) is 6.03. The van der Waals surface area contributed by atoms with Gasteiger partial charge in [0.05, 0.1) is 23.0 Å². The van der Waals surface area contributed by atoms with Gasteiger partial charge in [-0.3, -0.25) is 10.1 Å². The summed E-state index contributed by atoms with van der Waals surface area (Å²) in [6.07, 6.45) is 2.62. The first kappa shape index (κ1) is 19.5. The van der Waals surface area contributed by atoms with Gasteiger partial charge in [0, 0.05) is 12.1 Å². The highest BCUT2D eigenvalue weighted by Crippen LogP contribution is 2.28. The molecule has 0 spiro atoms. The van der Waals surface area contributed by atoms with E-state index in [1.807, 2.05) is 0 Å². The Morgan fingerprint density at radius 1 is 1.03 bits per heavy atom. The summed E-state index contributed by atoms with van der Waals surface area (Å²) in [6, 6.07) is 8.42. The van der Waals surface area contributed by atoms with Crippen molar-refractivity contribution in [3.8, 4) is 11.5 Å². The standard InChI is InChI=1S/C19H15N5O5/c1-11-7-13(8-12(2)17(11)25)22-23-14-9-20-18(21-10-14)19(26)29-16-5-3-15(4-6-16)24(27)28/h3-10,25H,1-2H3/b23-22+. The highest BCUT2D eigenvalue weighted by molar-refractivity contribution is 5.87. The number of rotatable bonds is 5. The molecule has 0 radical (unpaired) electrons. The summed E-state index contributed by atoms with van der Waals surface area (Å²) in [5.74, 6) is -0.667. The number of esters is 1. The van der Waals surface area contributed by atoms with E-state index in [2.05, 4.69) is 20.2 Å². The number of carbonyl (C=O) groups is 1. The van der Waals surface area contributed by atoms with Crippen LogP contribution in [0, 0.1) is 24.0 Å². The van der Waals surface area contributed by atoms with Crippen molar-refractivity contribution < 1.29 is 19.6 Å². The summed E-state index contributed by atoms with van der Waals surface area (Å²) in [7, 11) is 0. The highest BCUT2D eigenvalue weighted by Gasteiger charge is 2.13. The summed E-state index contributed by atoms with van der Waals surface area (Å²) in [5.41, 5.74) is 2.12. The van der Waals surface area contributed by atoms with Gasteiger partial charge in [-0.1, -0.05) is 0 Å². The first-order valence-corrected chi connectivity index (χ1v) is 8.34. The van der Waals surface area contributed by atoms with Crippen molar-refractivity contribution in [2.45, 2.75) is 13.8 Å². The number of non-ortho nitro benzene ring substituents is 1. The van der Waals surface area contributed by atoms with Gasteiger partial charge in [0.15, 0.2) is 0 Å². The fraction of sp³-hybridized carbons (Fsp3) is 0.105. The number of nitro groups is 1. The quantitative estimate of drug-likeness (QED) is 0.223. The normalized spacial score (nSPS) is 10.8. The predicted molar refractivity (Wildman–Crippen MR) is 102 cm³/mol. The lowest BCUT2D eigenvalue weighted by Gasteiger charge is -2.04. The summed E-state index contributed by atoms with van der Waals surface area (Å²) < 4.78 is 5.08. The molecule has 10 heteroatoms. The SMILES string of the molecule is Cc1cc(/N=N/c2cnc(C(=O)Oc3ccc([N+](=O)[O-])cc3)nc2)cc(C)c1O.